The van der Waals surface area contributed by atoms with Gasteiger partial charge in [-0.1, -0.05) is 11.3 Å². The number of aromatic nitrogens is 1. The quantitative estimate of drug-likeness (QED) is 0.391. The minimum absolute atomic E-state index is 0.0857. The van der Waals surface area contributed by atoms with Crippen molar-refractivity contribution in [2.45, 2.75) is 11.8 Å². The van der Waals surface area contributed by atoms with Crippen molar-refractivity contribution in [2.24, 2.45) is 12.0 Å². The number of carbonyl (C=O) groups excluding carboxylic acids is 2. The van der Waals surface area contributed by atoms with Gasteiger partial charge in [0.2, 0.25) is 0 Å². The SMILES string of the molecule is CCOC(=O)c1ccc2c(c1)sc(=NC(=O)c1ccc(NS(=O)(=O)c3ccc(F)cc3)cc1)n2C. The van der Waals surface area contributed by atoms with Gasteiger partial charge in [0.05, 0.1) is 27.3 Å². The van der Waals surface area contributed by atoms with Gasteiger partial charge < -0.3 is 9.30 Å². The van der Waals surface area contributed by atoms with Gasteiger partial charge in [-0.3, -0.25) is 9.52 Å². The third kappa shape index (κ3) is 5.31. The summed E-state index contributed by atoms with van der Waals surface area (Å²) in [4.78, 5) is 29.3. The fraction of sp³-hybridized carbons (Fsp3) is 0.125. The number of aryl methyl sites for hydroxylation is 1. The van der Waals surface area contributed by atoms with Gasteiger partial charge in [0.15, 0.2) is 4.80 Å². The summed E-state index contributed by atoms with van der Waals surface area (Å²) in [5.41, 5.74) is 1.72. The monoisotopic (exact) mass is 513 g/mol. The molecule has 0 spiro atoms. The molecule has 0 aliphatic rings. The molecule has 0 saturated carbocycles. The summed E-state index contributed by atoms with van der Waals surface area (Å²) >= 11 is 1.26. The molecule has 8 nitrogen and oxygen atoms in total. The number of amides is 1. The van der Waals surface area contributed by atoms with Crippen molar-refractivity contribution in [2.75, 3.05) is 11.3 Å². The van der Waals surface area contributed by atoms with E-state index in [4.69, 9.17) is 4.74 Å². The highest BCUT2D eigenvalue weighted by Gasteiger charge is 2.15. The number of thiazole rings is 1. The van der Waals surface area contributed by atoms with Crippen molar-refractivity contribution in [1.82, 2.24) is 4.57 Å². The summed E-state index contributed by atoms with van der Waals surface area (Å²) in [5, 5.41) is 0. The Morgan fingerprint density at radius 1 is 1.03 bits per heavy atom. The highest BCUT2D eigenvalue weighted by Crippen LogP contribution is 2.20. The van der Waals surface area contributed by atoms with Crippen LogP contribution in [-0.2, 0) is 21.8 Å². The molecule has 4 aromatic rings. The molecule has 1 heterocycles. The van der Waals surface area contributed by atoms with Gasteiger partial charge in [0.25, 0.3) is 15.9 Å². The first-order valence-electron chi connectivity index (χ1n) is 10.4. The van der Waals surface area contributed by atoms with E-state index < -0.39 is 27.7 Å². The number of ether oxygens (including phenoxy) is 1. The molecule has 1 aromatic heterocycles. The van der Waals surface area contributed by atoms with Gasteiger partial charge in [-0.15, -0.1) is 0 Å². The van der Waals surface area contributed by atoms with E-state index in [1.54, 1.807) is 36.7 Å². The van der Waals surface area contributed by atoms with Crippen LogP contribution in [0.15, 0.2) is 76.6 Å². The number of esters is 1. The second-order valence-corrected chi connectivity index (χ2v) is 10.1. The third-order valence-electron chi connectivity index (χ3n) is 5.03. The number of rotatable bonds is 6. The molecule has 35 heavy (non-hydrogen) atoms. The zero-order valence-corrected chi connectivity index (χ0v) is 20.3. The summed E-state index contributed by atoms with van der Waals surface area (Å²) < 4.78 is 47.9. The Kier molecular flexibility index (Phi) is 6.81. The van der Waals surface area contributed by atoms with E-state index in [0.29, 0.717) is 10.4 Å². The van der Waals surface area contributed by atoms with Gasteiger partial charge in [-0.2, -0.15) is 4.99 Å². The molecule has 0 saturated heterocycles. The van der Waals surface area contributed by atoms with Crippen LogP contribution in [0.2, 0.25) is 0 Å². The number of sulfonamides is 1. The fourth-order valence-electron chi connectivity index (χ4n) is 3.24. The predicted octanol–water partition coefficient (Wildman–Crippen LogP) is 4.10. The predicted molar refractivity (Wildman–Crippen MR) is 130 cm³/mol. The van der Waals surface area contributed by atoms with Gasteiger partial charge in [-0.05, 0) is 73.7 Å². The van der Waals surface area contributed by atoms with Crippen LogP contribution >= 0.6 is 11.3 Å². The number of hydrogen-bond donors (Lipinski definition) is 1. The van der Waals surface area contributed by atoms with Crippen molar-refractivity contribution in [3.8, 4) is 0 Å². The van der Waals surface area contributed by atoms with Crippen LogP contribution in [0.1, 0.15) is 27.6 Å². The average molecular weight is 514 g/mol. The van der Waals surface area contributed by atoms with Crippen LogP contribution in [0, 0.1) is 5.82 Å². The normalized spacial score (nSPS) is 12.0. The Bertz CT molecular complexity index is 1590. The molecule has 0 radical (unpaired) electrons. The Morgan fingerprint density at radius 3 is 2.34 bits per heavy atom. The zero-order valence-electron chi connectivity index (χ0n) is 18.7. The summed E-state index contributed by atoms with van der Waals surface area (Å²) in [6, 6.07) is 15.4. The topological polar surface area (TPSA) is 107 Å². The van der Waals surface area contributed by atoms with Crippen molar-refractivity contribution in [3.63, 3.8) is 0 Å². The van der Waals surface area contributed by atoms with E-state index in [1.165, 1.54) is 35.6 Å². The molecule has 0 aliphatic heterocycles. The van der Waals surface area contributed by atoms with Crippen LogP contribution in [-0.4, -0.2) is 31.5 Å². The molecular formula is C24H20FN3O5S2. The molecule has 0 bridgehead atoms. The second-order valence-electron chi connectivity index (χ2n) is 7.40. The number of fused-ring (bicyclic) bond motifs is 1. The van der Waals surface area contributed by atoms with E-state index in [0.717, 1.165) is 34.5 Å². The summed E-state index contributed by atoms with van der Waals surface area (Å²) in [5.74, 6) is -1.47. The standard InChI is InChI=1S/C24H20FN3O5S2/c1-3-33-23(30)16-6-13-20-21(14-16)34-24(28(20)2)26-22(29)15-4-9-18(10-5-15)27-35(31,32)19-11-7-17(25)8-12-19/h4-14,27H,3H2,1-2H3. The Balaban J connectivity index is 1.56. The van der Waals surface area contributed by atoms with Gasteiger partial charge in [0.1, 0.15) is 5.82 Å². The molecule has 1 N–H and O–H groups in total. The summed E-state index contributed by atoms with van der Waals surface area (Å²) in [6.45, 7) is 2.01. The van der Waals surface area contributed by atoms with Crippen LogP contribution in [0.25, 0.3) is 10.2 Å². The maximum atomic E-state index is 13.1. The molecule has 11 heteroatoms. The molecule has 1 amide bonds. The molecule has 0 unspecified atom stereocenters. The number of benzene rings is 3. The minimum atomic E-state index is -3.91. The fourth-order valence-corrected chi connectivity index (χ4v) is 5.36. The lowest BCUT2D eigenvalue weighted by molar-refractivity contribution is 0.0526. The molecule has 180 valence electrons. The number of nitrogens with zero attached hydrogens (tertiary/aromatic N) is 2. The van der Waals surface area contributed by atoms with Crippen LogP contribution in [0.5, 0.6) is 0 Å². The number of hydrogen-bond acceptors (Lipinski definition) is 6. The first-order valence-corrected chi connectivity index (χ1v) is 12.7. The van der Waals surface area contributed by atoms with E-state index in [1.807, 2.05) is 0 Å². The van der Waals surface area contributed by atoms with E-state index in [-0.39, 0.29) is 22.8 Å². The van der Waals surface area contributed by atoms with Crippen LogP contribution in [0.4, 0.5) is 10.1 Å². The van der Waals surface area contributed by atoms with Crippen molar-refractivity contribution < 1.29 is 27.1 Å². The number of halogens is 1. The maximum Gasteiger partial charge on any atom is 0.338 e. The largest absolute Gasteiger partial charge is 0.462 e. The number of nitrogens with one attached hydrogen (secondary N) is 1. The first-order chi connectivity index (χ1) is 16.7. The van der Waals surface area contributed by atoms with Crippen molar-refractivity contribution in [3.05, 3.63) is 88.5 Å². The molecule has 0 atom stereocenters. The molecular weight excluding hydrogens is 493 g/mol. The highest BCUT2D eigenvalue weighted by atomic mass is 32.2. The Labute approximate surface area is 204 Å². The van der Waals surface area contributed by atoms with E-state index in [9.17, 15) is 22.4 Å². The maximum absolute atomic E-state index is 13.1. The Hall–Kier alpha value is -3.83. The van der Waals surface area contributed by atoms with Gasteiger partial charge in [0, 0.05) is 18.3 Å². The second kappa shape index (κ2) is 9.80. The lowest BCUT2D eigenvalue weighted by Crippen LogP contribution is -2.14. The van der Waals surface area contributed by atoms with E-state index >= 15 is 0 Å². The van der Waals surface area contributed by atoms with Gasteiger partial charge >= 0.3 is 5.97 Å². The first kappa shape index (κ1) is 24.3. The lowest BCUT2D eigenvalue weighted by atomic mass is 10.2. The smallest absolute Gasteiger partial charge is 0.338 e. The highest BCUT2D eigenvalue weighted by molar-refractivity contribution is 7.92. The average Bonchev–Trinajstić information content (AvgIpc) is 3.14. The zero-order chi connectivity index (χ0) is 25.2. The summed E-state index contributed by atoms with van der Waals surface area (Å²) in [7, 11) is -2.14. The molecule has 0 fully saturated rings. The van der Waals surface area contributed by atoms with Gasteiger partial charge in [-0.25, -0.2) is 17.6 Å². The molecule has 4 rings (SSSR count). The van der Waals surface area contributed by atoms with Crippen molar-refractivity contribution >= 4 is 49.1 Å². The molecule has 3 aromatic carbocycles. The Morgan fingerprint density at radius 2 is 1.69 bits per heavy atom. The lowest BCUT2D eigenvalue weighted by Gasteiger charge is -2.08. The summed E-state index contributed by atoms with van der Waals surface area (Å²) in [6.07, 6.45) is 0. The number of carbonyl (C=O) groups is 2. The number of anilines is 1. The van der Waals surface area contributed by atoms with Crippen LogP contribution in [0.3, 0.4) is 0 Å². The van der Waals surface area contributed by atoms with Crippen molar-refractivity contribution in [1.29, 1.82) is 0 Å². The molecule has 0 aliphatic carbocycles. The van der Waals surface area contributed by atoms with Crippen LogP contribution < -0.4 is 9.52 Å². The third-order valence-corrected chi connectivity index (χ3v) is 7.52. The van der Waals surface area contributed by atoms with E-state index in [2.05, 4.69) is 9.71 Å². The minimum Gasteiger partial charge on any atom is -0.462 e.